The van der Waals surface area contributed by atoms with E-state index in [1.165, 1.54) is 0 Å². The highest BCUT2D eigenvalue weighted by atomic mass is 32.2. The van der Waals surface area contributed by atoms with E-state index in [1.54, 1.807) is 0 Å². The fourth-order valence-electron chi connectivity index (χ4n) is 1.60. The van der Waals surface area contributed by atoms with Crippen LogP contribution in [0.1, 0.15) is 24.8 Å². The second kappa shape index (κ2) is 6.43. The molecule has 0 spiro atoms. The van der Waals surface area contributed by atoms with Crippen molar-refractivity contribution in [3.63, 3.8) is 0 Å². The first-order valence-electron chi connectivity index (χ1n) is 5.25. The molecule has 4 heteroatoms. The van der Waals surface area contributed by atoms with Gasteiger partial charge in [-0.25, -0.2) is 0 Å². The first kappa shape index (κ1) is 12.9. The summed E-state index contributed by atoms with van der Waals surface area (Å²) in [5.41, 5.74) is 1.13. The Labute approximate surface area is 98.0 Å². The number of hydrogen-bond acceptors (Lipinski definition) is 2. The van der Waals surface area contributed by atoms with Crippen LogP contribution < -0.4 is 0 Å². The van der Waals surface area contributed by atoms with Crippen LogP contribution in [0.3, 0.4) is 0 Å². The lowest BCUT2D eigenvalue weighted by Gasteiger charge is -2.14. The van der Waals surface area contributed by atoms with Gasteiger partial charge in [-0.05, 0) is 17.9 Å². The average Bonchev–Trinajstić information content (AvgIpc) is 2.26. The van der Waals surface area contributed by atoms with Crippen molar-refractivity contribution < 1.29 is 14.1 Å². The molecule has 0 aliphatic rings. The number of carboxylic acids is 1. The van der Waals surface area contributed by atoms with Gasteiger partial charge in [0, 0.05) is 16.6 Å². The molecule has 3 nitrogen and oxygen atoms in total. The Morgan fingerprint density at radius 1 is 1.38 bits per heavy atom. The molecule has 1 N–H and O–H groups in total. The molecule has 88 valence electrons. The third kappa shape index (κ3) is 4.14. The Morgan fingerprint density at radius 3 is 2.50 bits per heavy atom. The normalized spacial score (nSPS) is 14.3. The van der Waals surface area contributed by atoms with Crippen molar-refractivity contribution in [2.75, 3.05) is 11.5 Å². The first-order chi connectivity index (χ1) is 7.63. The molecule has 0 heterocycles. The quantitative estimate of drug-likeness (QED) is 0.827. The van der Waals surface area contributed by atoms with Gasteiger partial charge in [-0.3, -0.25) is 9.00 Å². The molecule has 1 aromatic carbocycles. The molecule has 0 bridgehead atoms. The summed E-state index contributed by atoms with van der Waals surface area (Å²) in [7, 11) is -1.28. The Balaban J connectivity index is 2.63. The van der Waals surface area contributed by atoms with E-state index >= 15 is 0 Å². The number of benzene rings is 1. The zero-order valence-electron chi connectivity index (χ0n) is 9.26. The molecule has 2 unspecified atom stereocenters. The zero-order valence-corrected chi connectivity index (χ0v) is 10.1. The van der Waals surface area contributed by atoms with Gasteiger partial charge in [0.2, 0.25) is 0 Å². The zero-order chi connectivity index (χ0) is 12.0. The maximum Gasteiger partial charge on any atom is 0.316 e. The van der Waals surface area contributed by atoms with Crippen molar-refractivity contribution in [1.29, 1.82) is 0 Å². The van der Waals surface area contributed by atoms with Gasteiger partial charge in [0.15, 0.2) is 0 Å². The van der Waals surface area contributed by atoms with Crippen molar-refractivity contribution in [3.8, 4) is 0 Å². The highest BCUT2D eigenvalue weighted by molar-refractivity contribution is 7.85. The summed E-state index contributed by atoms with van der Waals surface area (Å²) in [5, 5.41) is 8.55. The molecule has 0 fully saturated rings. The van der Waals surface area contributed by atoms with Crippen LogP contribution in [0.15, 0.2) is 30.3 Å². The summed E-state index contributed by atoms with van der Waals surface area (Å²) in [5.74, 6) is -0.654. The van der Waals surface area contributed by atoms with E-state index < -0.39 is 16.8 Å². The minimum absolute atomic E-state index is 0.182. The van der Waals surface area contributed by atoms with Crippen molar-refractivity contribution in [3.05, 3.63) is 35.9 Å². The van der Waals surface area contributed by atoms with Crippen LogP contribution in [0.5, 0.6) is 0 Å². The van der Waals surface area contributed by atoms with E-state index in [9.17, 15) is 9.00 Å². The van der Waals surface area contributed by atoms with E-state index in [2.05, 4.69) is 0 Å². The van der Waals surface area contributed by atoms with Crippen LogP contribution in [-0.2, 0) is 15.6 Å². The molecule has 1 aromatic rings. The molecule has 0 radical (unpaired) electrons. The molecular formula is C12H16O3S. The fourth-order valence-corrected chi connectivity index (χ4v) is 2.87. The monoisotopic (exact) mass is 240 g/mol. The van der Waals surface area contributed by atoms with Gasteiger partial charge in [0.05, 0.1) is 0 Å². The molecule has 16 heavy (non-hydrogen) atoms. The van der Waals surface area contributed by atoms with Crippen LogP contribution in [0.2, 0.25) is 0 Å². The van der Waals surface area contributed by atoms with Crippen LogP contribution in [0.25, 0.3) is 0 Å². The number of hydrogen-bond donors (Lipinski definition) is 1. The van der Waals surface area contributed by atoms with Gasteiger partial charge in [-0.15, -0.1) is 0 Å². The van der Waals surface area contributed by atoms with Crippen molar-refractivity contribution >= 4 is 16.8 Å². The number of carboxylic acid groups (broad SMARTS) is 1. The SMILES string of the molecule is CCC(CS(=O)CC(=O)O)c1ccccc1. The van der Waals surface area contributed by atoms with Crippen LogP contribution in [-0.4, -0.2) is 26.8 Å². The predicted molar refractivity (Wildman–Crippen MR) is 65.0 cm³/mol. The van der Waals surface area contributed by atoms with Crippen LogP contribution in [0.4, 0.5) is 0 Å². The van der Waals surface area contributed by atoms with Gasteiger partial charge >= 0.3 is 5.97 Å². The van der Waals surface area contributed by atoms with Crippen molar-refractivity contribution in [2.45, 2.75) is 19.3 Å². The van der Waals surface area contributed by atoms with Gasteiger partial charge in [0.1, 0.15) is 5.75 Å². The molecule has 0 aliphatic heterocycles. The Bertz CT molecular complexity index is 362. The Hall–Kier alpha value is -1.16. The largest absolute Gasteiger partial charge is 0.481 e. The minimum atomic E-state index is -1.28. The highest BCUT2D eigenvalue weighted by Crippen LogP contribution is 2.20. The van der Waals surface area contributed by atoms with E-state index in [0.717, 1.165) is 12.0 Å². The first-order valence-corrected chi connectivity index (χ1v) is 6.74. The molecule has 0 aromatic heterocycles. The van der Waals surface area contributed by atoms with Crippen molar-refractivity contribution in [1.82, 2.24) is 0 Å². The average molecular weight is 240 g/mol. The summed E-state index contributed by atoms with van der Waals surface area (Å²) in [6.07, 6.45) is 0.870. The topological polar surface area (TPSA) is 54.4 Å². The standard InChI is InChI=1S/C12H16O3S/c1-2-10(8-16(15)9-12(13)14)11-6-4-3-5-7-11/h3-7,10H,2,8-9H2,1H3,(H,13,14). The Morgan fingerprint density at radius 2 is 2.00 bits per heavy atom. The third-order valence-corrected chi connectivity index (χ3v) is 3.78. The number of rotatable bonds is 6. The second-order valence-corrected chi connectivity index (χ2v) is 5.16. The molecular weight excluding hydrogens is 224 g/mol. The lowest BCUT2D eigenvalue weighted by molar-refractivity contribution is -0.133. The fraction of sp³-hybridized carbons (Fsp3) is 0.417. The van der Waals surface area contributed by atoms with E-state index in [1.807, 2.05) is 37.3 Å². The third-order valence-electron chi connectivity index (χ3n) is 2.44. The maximum absolute atomic E-state index is 11.5. The maximum atomic E-state index is 11.5. The van der Waals surface area contributed by atoms with E-state index in [4.69, 9.17) is 5.11 Å². The molecule has 0 saturated carbocycles. The number of aliphatic carboxylic acids is 1. The lowest BCUT2D eigenvalue weighted by atomic mass is 9.99. The summed E-state index contributed by atoms with van der Waals surface area (Å²) in [4.78, 5) is 10.4. The van der Waals surface area contributed by atoms with E-state index in [0.29, 0.717) is 5.75 Å². The Kier molecular flexibility index (Phi) is 5.19. The van der Waals surface area contributed by atoms with Gasteiger partial charge in [-0.2, -0.15) is 0 Å². The molecule has 0 saturated heterocycles. The summed E-state index contributed by atoms with van der Waals surface area (Å²) >= 11 is 0. The van der Waals surface area contributed by atoms with Crippen molar-refractivity contribution in [2.24, 2.45) is 0 Å². The molecule has 1 rings (SSSR count). The smallest absolute Gasteiger partial charge is 0.316 e. The lowest BCUT2D eigenvalue weighted by Crippen LogP contribution is -2.16. The summed E-state index contributed by atoms with van der Waals surface area (Å²) in [6, 6.07) is 9.80. The summed E-state index contributed by atoms with van der Waals surface area (Å²) < 4.78 is 11.5. The number of carbonyl (C=O) groups is 1. The van der Waals surface area contributed by atoms with Crippen LogP contribution >= 0.6 is 0 Å². The summed E-state index contributed by atoms with van der Waals surface area (Å²) in [6.45, 7) is 2.02. The van der Waals surface area contributed by atoms with Crippen LogP contribution in [0, 0.1) is 0 Å². The molecule has 2 atom stereocenters. The van der Waals surface area contributed by atoms with E-state index in [-0.39, 0.29) is 11.7 Å². The minimum Gasteiger partial charge on any atom is -0.481 e. The van der Waals surface area contributed by atoms with Gasteiger partial charge in [0.25, 0.3) is 0 Å². The van der Waals surface area contributed by atoms with Gasteiger partial charge in [-0.1, -0.05) is 37.3 Å². The predicted octanol–water partition coefficient (Wildman–Crippen LogP) is 2.01. The highest BCUT2D eigenvalue weighted by Gasteiger charge is 2.14. The molecule has 0 aliphatic carbocycles. The second-order valence-electron chi connectivity index (χ2n) is 3.66. The molecule has 0 amide bonds. The van der Waals surface area contributed by atoms with Gasteiger partial charge < -0.3 is 5.11 Å².